The zero-order valence-electron chi connectivity index (χ0n) is 13.9. The summed E-state index contributed by atoms with van der Waals surface area (Å²) in [4.78, 5) is 6.78. The molecule has 1 heterocycles. The van der Waals surface area contributed by atoms with Crippen LogP contribution in [-0.4, -0.2) is 36.1 Å². The van der Waals surface area contributed by atoms with E-state index in [1.165, 1.54) is 10.9 Å². The van der Waals surface area contributed by atoms with Crippen LogP contribution in [0.1, 0.15) is 38.8 Å². The number of hydrogen-bond donors (Lipinski definition) is 1. The van der Waals surface area contributed by atoms with Crippen LogP contribution in [0.15, 0.2) is 36.5 Å². The van der Waals surface area contributed by atoms with Crippen molar-refractivity contribution in [3.05, 3.63) is 42.1 Å². The van der Waals surface area contributed by atoms with Gasteiger partial charge in [0.1, 0.15) is 0 Å². The van der Waals surface area contributed by atoms with Gasteiger partial charge in [0.2, 0.25) is 0 Å². The van der Waals surface area contributed by atoms with Crippen molar-refractivity contribution in [1.82, 2.24) is 15.2 Å². The Balaban J connectivity index is 2.53. The first-order valence-electron chi connectivity index (χ1n) is 7.73. The van der Waals surface area contributed by atoms with E-state index in [0.717, 1.165) is 18.5 Å². The lowest BCUT2D eigenvalue weighted by Gasteiger charge is -2.41. The summed E-state index contributed by atoms with van der Waals surface area (Å²) in [6.07, 6.45) is 2.99. The van der Waals surface area contributed by atoms with Crippen LogP contribution >= 0.6 is 0 Å². The molecule has 3 nitrogen and oxygen atoms in total. The molecule has 21 heavy (non-hydrogen) atoms. The average Bonchev–Trinajstić information content (AvgIpc) is 2.47. The first kappa shape index (κ1) is 15.9. The minimum atomic E-state index is 0.0132. The van der Waals surface area contributed by atoms with Crippen LogP contribution < -0.4 is 5.32 Å². The van der Waals surface area contributed by atoms with E-state index >= 15 is 0 Å². The van der Waals surface area contributed by atoms with Crippen LogP contribution in [-0.2, 0) is 0 Å². The van der Waals surface area contributed by atoms with Crippen molar-refractivity contribution in [3.63, 3.8) is 0 Å². The number of benzene rings is 1. The molecule has 0 saturated heterocycles. The summed E-state index contributed by atoms with van der Waals surface area (Å²) in [6, 6.07) is 10.9. The number of likely N-dealkylation sites (N-methyl/N-ethyl adjacent to an activating group) is 1. The Morgan fingerprint density at radius 2 is 1.95 bits per heavy atom. The van der Waals surface area contributed by atoms with Gasteiger partial charge in [-0.3, -0.25) is 4.98 Å². The number of rotatable bonds is 6. The summed E-state index contributed by atoms with van der Waals surface area (Å²) in [6.45, 7) is 7.79. The van der Waals surface area contributed by atoms with E-state index in [1.54, 1.807) is 0 Å². The molecule has 1 atom stereocenters. The number of hydrogen-bond acceptors (Lipinski definition) is 3. The molecular weight excluding hydrogens is 258 g/mol. The summed E-state index contributed by atoms with van der Waals surface area (Å²) in [5, 5.41) is 4.97. The molecule has 2 aromatic rings. The number of aromatic nitrogens is 1. The molecule has 0 bridgehead atoms. The second-order valence-corrected chi connectivity index (χ2v) is 6.35. The van der Waals surface area contributed by atoms with Gasteiger partial charge in [0.25, 0.3) is 0 Å². The molecule has 1 N–H and O–H groups in total. The predicted molar refractivity (Wildman–Crippen MR) is 90.5 cm³/mol. The van der Waals surface area contributed by atoms with Gasteiger partial charge >= 0.3 is 0 Å². The van der Waals surface area contributed by atoms with Crippen molar-refractivity contribution in [3.8, 4) is 0 Å². The SMILES string of the molecule is CCCNC(c1cccc2ncccc12)C(C)(C)N(C)C. The van der Waals surface area contributed by atoms with E-state index in [-0.39, 0.29) is 11.6 Å². The number of fused-ring (bicyclic) bond motifs is 1. The smallest absolute Gasteiger partial charge is 0.0705 e. The van der Waals surface area contributed by atoms with Gasteiger partial charge in [-0.2, -0.15) is 0 Å². The lowest BCUT2D eigenvalue weighted by atomic mass is 9.85. The van der Waals surface area contributed by atoms with Gasteiger partial charge in [-0.15, -0.1) is 0 Å². The van der Waals surface area contributed by atoms with Gasteiger partial charge in [0, 0.05) is 17.1 Å². The van der Waals surface area contributed by atoms with Gasteiger partial charge in [-0.25, -0.2) is 0 Å². The zero-order chi connectivity index (χ0) is 15.5. The van der Waals surface area contributed by atoms with Crippen LogP contribution in [0.5, 0.6) is 0 Å². The normalized spacial score (nSPS) is 13.8. The molecule has 1 aromatic heterocycles. The van der Waals surface area contributed by atoms with Crippen molar-refractivity contribution in [2.75, 3.05) is 20.6 Å². The second-order valence-electron chi connectivity index (χ2n) is 6.35. The van der Waals surface area contributed by atoms with Crippen molar-refractivity contribution >= 4 is 10.9 Å². The van der Waals surface area contributed by atoms with Crippen LogP contribution in [0.3, 0.4) is 0 Å². The fraction of sp³-hybridized carbons (Fsp3) is 0.500. The van der Waals surface area contributed by atoms with E-state index in [4.69, 9.17) is 0 Å². The van der Waals surface area contributed by atoms with Gasteiger partial charge < -0.3 is 10.2 Å². The lowest BCUT2D eigenvalue weighted by Crippen LogP contribution is -2.49. The molecule has 0 amide bonds. The highest BCUT2D eigenvalue weighted by Gasteiger charge is 2.33. The minimum Gasteiger partial charge on any atom is -0.308 e. The Kier molecular flexibility index (Phi) is 4.96. The van der Waals surface area contributed by atoms with E-state index in [0.29, 0.717) is 0 Å². The molecule has 1 aromatic carbocycles. The van der Waals surface area contributed by atoms with Crippen molar-refractivity contribution in [1.29, 1.82) is 0 Å². The summed E-state index contributed by atoms with van der Waals surface area (Å²) < 4.78 is 0. The molecular formula is C18H27N3. The molecule has 3 heteroatoms. The predicted octanol–water partition coefficient (Wildman–Crippen LogP) is 3.62. The standard InChI is InChI=1S/C18H27N3/c1-6-12-20-17(18(2,3)21(4)5)15-9-7-11-16-14(15)10-8-13-19-16/h7-11,13,17,20H,6,12H2,1-5H3. The summed E-state index contributed by atoms with van der Waals surface area (Å²) >= 11 is 0. The van der Waals surface area contributed by atoms with Gasteiger partial charge in [0.15, 0.2) is 0 Å². The van der Waals surface area contributed by atoms with Gasteiger partial charge in [-0.05, 0) is 58.6 Å². The van der Waals surface area contributed by atoms with E-state index in [9.17, 15) is 0 Å². The Morgan fingerprint density at radius 3 is 2.62 bits per heavy atom. The van der Waals surface area contributed by atoms with E-state index < -0.39 is 0 Å². The lowest BCUT2D eigenvalue weighted by molar-refractivity contribution is 0.138. The maximum absolute atomic E-state index is 4.49. The number of pyridine rings is 1. The fourth-order valence-electron chi connectivity index (χ4n) is 2.67. The largest absolute Gasteiger partial charge is 0.308 e. The Morgan fingerprint density at radius 1 is 1.19 bits per heavy atom. The summed E-state index contributed by atoms with van der Waals surface area (Å²) in [7, 11) is 4.29. The summed E-state index contributed by atoms with van der Waals surface area (Å²) in [5.74, 6) is 0. The monoisotopic (exact) mass is 285 g/mol. The molecule has 2 rings (SSSR count). The molecule has 0 radical (unpaired) electrons. The van der Waals surface area contributed by atoms with Crippen LogP contribution in [0.4, 0.5) is 0 Å². The molecule has 0 fully saturated rings. The van der Waals surface area contributed by atoms with Crippen molar-refractivity contribution < 1.29 is 0 Å². The second kappa shape index (κ2) is 6.54. The maximum atomic E-state index is 4.49. The first-order valence-corrected chi connectivity index (χ1v) is 7.73. The van der Waals surface area contributed by atoms with Crippen LogP contribution in [0.2, 0.25) is 0 Å². The minimum absolute atomic E-state index is 0.0132. The van der Waals surface area contributed by atoms with Gasteiger partial charge in [-0.1, -0.05) is 25.1 Å². The third-order valence-corrected chi connectivity index (χ3v) is 4.45. The van der Waals surface area contributed by atoms with Gasteiger partial charge in [0.05, 0.1) is 11.6 Å². The highest BCUT2D eigenvalue weighted by Crippen LogP contribution is 2.33. The van der Waals surface area contributed by atoms with Crippen LogP contribution in [0, 0.1) is 0 Å². The Labute approximate surface area is 128 Å². The van der Waals surface area contributed by atoms with Crippen molar-refractivity contribution in [2.24, 2.45) is 0 Å². The zero-order valence-corrected chi connectivity index (χ0v) is 13.9. The van der Waals surface area contributed by atoms with Crippen molar-refractivity contribution in [2.45, 2.75) is 38.8 Å². The fourth-order valence-corrected chi connectivity index (χ4v) is 2.67. The van der Waals surface area contributed by atoms with E-state index in [2.05, 4.69) is 74.3 Å². The number of nitrogens with zero attached hydrogens (tertiary/aromatic N) is 2. The Bertz CT molecular complexity index is 585. The topological polar surface area (TPSA) is 28.2 Å². The molecule has 0 aliphatic rings. The molecule has 0 aliphatic heterocycles. The Hall–Kier alpha value is -1.45. The highest BCUT2D eigenvalue weighted by atomic mass is 15.2. The third-order valence-electron chi connectivity index (χ3n) is 4.45. The van der Waals surface area contributed by atoms with Crippen LogP contribution in [0.25, 0.3) is 10.9 Å². The average molecular weight is 285 g/mol. The molecule has 114 valence electrons. The van der Waals surface area contributed by atoms with E-state index in [1.807, 2.05) is 12.3 Å². The quantitative estimate of drug-likeness (QED) is 0.878. The molecule has 0 aliphatic carbocycles. The summed E-state index contributed by atoms with van der Waals surface area (Å²) in [5.41, 5.74) is 2.40. The molecule has 1 unspecified atom stereocenters. The number of nitrogens with one attached hydrogen (secondary N) is 1. The highest BCUT2D eigenvalue weighted by molar-refractivity contribution is 5.82. The maximum Gasteiger partial charge on any atom is 0.0705 e. The molecule has 0 spiro atoms. The molecule has 0 saturated carbocycles. The first-order chi connectivity index (χ1) is 9.98. The third kappa shape index (κ3) is 3.25.